The molecular weight excluding hydrogens is 136 g/mol. The van der Waals surface area contributed by atoms with Crippen molar-refractivity contribution in [3.8, 4) is 0 Å². The van der Waals surface area contributed by atoms with Gasteiger partial charge in [0.1, 0.15) is 0 Å². The molecule has 0 radical (unpaired) electrons. The highest BCUT2D eigenvalue weighted by molar-refractivity contribution is 5.06. The van der Waals surface area contributed by atoms with Gasteiger partial charge in [0.2, 0.25) is 0 Å². The van der Waals surface area contributed by atoms with Crippen molar-refractivity contribution in [1.82, 2.24) is 4.90 Å². The number of likely N-dealkylation sites (N-methyl/N-ethyl adjacent to an activating group) is 1. The molecule has 0 amide bonds. The highest BCUT2D eigenvalue weighted by atomic mass is 15.1. The Morgan fingerprint density at radius 1 is 1.64 bits per heavy atom. The summed E-state index contributed by atoms with van der Waals surface area (Å²) in [5, 5.41) is 0. The van der Waals surface area contributed by atoms with Crippen LogP contribution in [0.4, 0.5) is 0 Å². The van der Waals surface area contributed by atoms with Crippen LogP contribution in [0.1, 0.15) is 19.3 Å². The number of hydrogen-bond donors (Lipinski definition) is 1. The number of piperidine rings is 1. The van der Waals surface area contributed by atoms with E-state index in [-0.39, 0.29) is 0 Å². The molecule has 1 fully saturated rings. The molecule has 0 aromatic rings. The van der Waals surface area contributed by atoms with Gasteiger partial charge in [0.05, 0.1) is 0 Å². The molecule has 64 valence electrons. The lowest BCUT2D eigenvalue weighted by Crippen LogP contribution is -2.27. The van der Waals surface area contributed by atoms with Gasteiger partial charge in [0.25, 0.3) is 0 Å². The lowest BCUT2D eigenvalue weighted by atomic mass is 10.0. The summed E-state index contributed by atoms with van der Waals surface area (Å²) in [5.41, 5.74) is 7.00. The Bertz CT molecular complexity index is 140. The standard InChI is InChI=1S/C9H18N2/c1-11-7-3-5-9(8-11)4-2-6-10/h4H,2-3,5-8,10H2,1H3. The number of likely N-dealkylation sites (tertiary alicyclic amines) is 1. The van der Waals surface area contributed by atoms with Gasteiger partial charge >= 0.3 is 0 Å². The molecule has 0 bridgehead atoms. The van der Waals surface area contributed by atoms with Crippen LogP contribution in [0.5, 0.6) is 0 Å². The van der Waals surface area contributed by atoms with Crippen molar-refractivity contribution in [3.05, 3.63) is 11.6 Å². The summed E-state index contributed by atoms with van der Waals surface area (Å²) in [4.78, 5) is 2.37. The highest BCUT2D eigenvalue weighted by Gasteiger charge is 2.08. The molecule has 0 aliphatic carbocycles. The molecule has 0 unspecified atom stereocenters. The van der Waals surface area contributed by atoms with Crippen molar-refractivity contribution in [2.45, 2.75) is 19.3 Å². The van der Waals surface area contributed by atoms with Crippen molar-refractivity contribution >= 4 is 0 Å². The molecule has 0 spiro atoms. The van der Waals surface area contributed by atoms with Crippen LogP contribution in [-0.4, -0.2) is 31.6 Å². The molecule has 2 nitrogen and oxygen atoms in total. The quantitative estimate of drug-likeness (QED) is 0.601. The fourth-order valence-corrected chi connectivity index (χ4v) is 1.53. The van der Waals surface area contributed by atoms with E-state index in [1.807, 2.05) is 0 Å². The third kappa shape index (κ3) is 3.04. The van der Waals surface area contributed by atoms with Crippen LogP contribution < -0.4 is 5.73 Å². The predicted octanol–water partition coefficient (Wildman–Crippen LogP) is 0.987. The van der Waals surface area contributed by atoms with Crippen molar-refractivity contribution in [2.24, 2.45) is 5.73 Å². The smallest absolute Gasteiger partial charge is 0.0189 e. The van der Waals surface area contributed by atoms with E-state index in [9.17, 15) is 0 Å². The normalized spacial score (nSPS) is 24.4. The van der Waals surface area contributed by atoms with E-state index >= 15 is 0 Å². The molecule has 1 heterocycles. The summed E-state index contributed by atoms with van der Waals surface area (Å²) in [5.74, 6) is 0. The zero-order valence-corrected chi connectivity index (χ0v) is 7.34. The number of hydrogen-bond acceptors (Lipinski definition) is 2. The predicted molar refractivity (Wildman–Crippen MR) is 48.5 cm³/mol. The lowest BCUT2D eigenvalue weighted by Gasteiger charge is -2.24. The first kappa shape index (κ1) is 8.75. The molecule has 0 aromatic carbocycles. The van der Waals surface area contributed by atoms with Crippen molar-refractivity contribution < 1.29 is 0 Å². The summed E-state index contributed by atoms with van der Waals surface area (Å²) in [7, 11) is 2.18. The molecule has 11 heavy (non-hydrogen) atoms. The van der Waals surface area contributed by atoms with E-state index in [2.05, 4.69) is 18.0 Å². The zero-order chi connectivity index (χ0) is 8.10. The summed E-state index contributed by atoms with van der Waals surface area (Å²) in [6, 6.07) is 0. The summed E-state index contributed by atoms with van der Waals surface area (Å²) >= 11 is 0. The Kier molecular flexibility index (Phi) is 3.60. The maximum Gasteiger partial charge on any atom is 0.0189 e. The fraction of sp³-hybridized carbons (Fsp3) is 0.778. The second-order valence-electron chi connectivity index (χ2n) is 3.28. The molecular formula is C9H18N2. The minimum atomic E-state index is 0.785. The minimum Gasteiger partial charge on any atom is -0.330 e. The molecule has 2 heteroatoms. The van der Waals surface area contributed by atoms with Crippen LogP contribution in [0.15, 0.2) is 11.6 Å². The van der Waals surface area contributed by atoms with Crippen LogP contribution in [0.25, 0.3) is 0 Å². The summed E-state index contributed by atoms with van der Waals surface area (Å²) in [6.07, 6.45) is 5.94. The van der Waals surface area contributed by atoms with Crippen molar-refractivity contribution in [1.29, 1.82) is 0 Å². The van der Waals surface area contributed by atoms with Gasteiger partial charge in [-0.2, -0.15) is 0 Å². The second-order valence-corrected chi connectivity index (χ2v) is 3.28. The van der Waals surface area contributed by atoms with Gasteiger partial charge in [-0.15, -0.1) is 0 Å². The molecule has 1 saturated heterocycles. The number of nitrogens with zero attached hydrogens (tertiary/aromatic N) is 1. The minimum absolute atomic E-state index is 0.785. The van der Waals surface area contributed by atoms with Crippen LogP contribution >= 0.6 is 0 Å². The van der Waals surface area contributed by atoms with Crippen LogP contribution in [0, 0.1) is 0 Å². The molecule has 0 aromatic heterocycles. The number of rotatable bonds is 2. The van der Waals surface area contributed by atoms with E-state index in [4.69, 9.17) is 5.73 Å². The Labute approximate surface area is 69.1 Å². The van der Waals surface area contributed by atoms with Gasteiger partial charge in [-0.25, -0.2) is 0 Å². The molecule has 2 N–H and O–H groups in total. The first-order chi connectivity index (χ1) is 5.33. The monoisotopic (exact) mass is 154 g/mol. The van der Waals surface area contributed by atoms with E-state index in [0.717, 1.165) is 19.5 Å². The van der Waals surface area contributed by atoms with Crippen LogP contribution in [-0.2, 0) is 0 Å². The largest absolute Gasteiger partial charge is 0.330 e. The average Bonchev–Trinajstić information content (AvgIpc) is 2.01. The Balaban J connectivity index is 2.32. The maximum absolute atomic E-state index is 5.42. The highest BCUT2D eigenvalue weighted by Crippen LogP contribution is 2.13. The van der Waals surface area contributed by atoms with E-state index < -0.39 is 0 Å². The molecule has 1 aliphatic heterocycles. The average molecular weight is 154 g/mol. The fourth-order valence-electron chi connectivity index (χ4n) is 1.53. The molecule has 1 rings (SSSR count). The van der Waals surface area contributed by atoms with Gasteiger partial charge in [0, 0.05) is 6.54 Å². The molecule has 1 aliphatic rings. The van der Waals surface area contributed by atoms with E-state index in [0.29, 0.717) is 0 Å². The summed E-state index contributed by atoms with van der Waals surface area (Å²) < 4.78 is 0. The summed E-state index contributed by atoms with van der Waals surface area (Å²) in [6.45, 7) is 3.19. The second kappa shape index (κ2) is 4.52. The van der Waals surface area contributed by atoms with Gasteiger partial charge in [-0.05, 0) is 39.4 Å². The molecule has 0 atom stereocenters. The van der Waals surface area contributed by atoms with Crippen LogP contribution in [0.2, 0.25) is 0 Å². The van der Waals surface area contributed by atoms with E-state index in [1.165, 1.54) is 19.4 Å². The Morgan fingerprint density at radius 3 is 3.09 bits per heavy atom. The first-order valence-corrected chi connectivity index (χ1v) is 4.39. The van der Waals surface area contributed by atoms with Crippen LogP contribution in [0.3, 0.4) is 0 Å². The topological polar surface area (TPSA) is 29.3 Å². The SMILES string of the molecule is CN1CCCC(=CCCN)C1. The molecule has 0 saturated carbocycles. The van der Waals surface area contributed by atoms with E-state index in [1.54, 1.807) is 5.57 Å². The third-order valence-electron chi connectivity index (χ3n) is 2.11. The van der Waals surface area contributed by atoms with Crippen molar-refractivity contribution in [2.75, 3.05) is 26.7 Å². The third-order valence-corrected chi connectivity index (χ3v) is 2.11. The van der Waals surface area contributed by atoms with Gasteiger partial charge in [-0.3, -0.25) is 0 Å². The number of nitrogens with two attached hydrogens (primary N) is 1. The van der Waals surface area contributed by atoms with Gasteiger partial charge in [-0.1, -0.05) is 11.6 Å². The Hall–Kier alpha value is -0.340. The Morgan fingerprint density at radius 2 is 2.45 bits per heavy atom. The van der Waals surface area contributed by atoms with Gasteiger partial charge < -0.3 is 10.6 Å². The zero-order valence-electron chi connectivity index (χ0n) is 7.34. The van der Waals surface area contributed by atoms with Gasteiger partial charge in [0.15, 0.2) is 0 Å². The lowest BCUT2D eigenvalue weighted by molar-refractivity contribution is 0.322. The maximum atomic E-state index is 5.42. The van der Waals surface area contributed by atoms with Crippen molar-refractivity contribution in [3.63, 3.8) is 0 Å². The first-order valence-electron chi connectivity index (χ1n) is 4.39.